The van der Waals surface area contributed by atoms with E-state index in [-0.39, 0.29) is 6.54 Å². The average Bonchev–Trinajstić information content (AvgIpc) is 2.66. The minimum atomic E-state index is -0.556. The van der Waals surface area contributed by atoms with E-state index in [0.29, 0.717) is 12.4 Å². The zero-order chi connectivity index (χ0) is 19.6. The average molecular weight is 361 g/mol. The molecule has 0 aliphatic rings. The Morgan fingerprint density at radius 1 is 1.31 bits per heavy atom. The predicted octanol–water partition coefficient (Wildman–Crippen LogP) is 3.24. The maximum atomic E-state index is 11.8. The first-order valence-electron chi connectivity index (χ1n) is 8.36. The summed E-state index contributed by atoms with van der Waals surface area (Å²) in [5.41, 5.74) is 0.251. The summed E-state index contributed by atoms with van der Waals surface area (Å²) in [6, 6.07) is 5.42. The van der Waals surface area contributed by atoms with Gasteiger partial charge >= 0.3 is 12.1 Å². The lowest BCUT2D eigenvalue weighted by atomic mass is 10.2. The molecule has 0 spiro atoms. The van der Waals surface area contributed by atoms with Crippen LogP contribution in [0.15, 0.2) is 36.7 Å². The van der Waals surface area contributed by atoms with Crippen LogP contribution in [0.4, 0.5) is 4.79 Å². The smallest absolute Gasteiger partial charge is 0.408 e. The topological polar surface area (TPSA) is 82.5 Å². The van der Waals surface area contributed by atoms with Gasteiger partial charge in [0, 0.05) is 25.0 Å². The molecule has 7 heteroatoms. The van der Waals surface area contributed by atoms with Crippen molar-refractivity contribution >= 4 is 18.1 Å². The van der Waals surface area contributed by atoms with Crippen LogP contribution in [0.2, 0.25) is 0 Å². The van der Waals surface area contributed by atoms with E-state index < -0.39 is 17.7 Å². The second kappa shape index (κ2) is 10.2. The highest BCUT2D eigenvalue weighted by molar-refractivity contribution is 5.86. The van der Waals surface area contributed by atoms with E-state index in [1.165, 1.54) is 13.2 Å². The standard InChI is InChI=1S/C19H27N3O4/c1-6-22-13-11-15(9-10-17(23)25-5)8-7-12-20-16(22)14-21-18(24)26-19(2,3)4/h7-13H,6,14H2,1-5H3,(H,21,24)/b10-9+,12-7?,13-11?,15-8?,20-16?. The third-order valence-electron chi connectivity index (χ3n) is 3.12. The summed E-state index contributed by atoms with van der Waals surface area (Å²) in [4.78, 5) is 27.5. The van der Waals surface area contributed by atoms with Gasteiger partial charge in [0.05, 0.1) is 13.7 Å². The Morgan fingerprint density at radius 3 is 2.65 bits per heavy atom. The number of aryl methyl sites for hydroxylation is 1. The zero-order valence-electron chi connectivity index (χ0n) is 16.0. The molecule has 0 fully saturated rings. The van der Waals surface area contributed by atoms with Gasteiger partial charge in [0.25, 0.3) is 0 Å². The summed E-state index contributed by atoms with van der Waals surface area (Å²) in [7, 11) is 1.33. The van der Waals surface area contributed by atoms with Gasteiger partial charge in [-0.05, 0) is 51.5 Å². The molecule has 0 saturated carbocycles. The summed E-state index contributed by atoms with van der Waals surface area (Å²) in [6.07, 6.45) is 5.99. The van der Waals surface area contributed by atoms with Gasteiger partial charge in [-0.15, -0.1) is 0 Å². The first kappa shape index (κ1) is 21.2. The molecule has 1 aromatic heterocycles. The first-order valence-corrected chi connectivity index (χ1v) is 8.36. The number of carbonyl (C=O) groups excluding carboxylic acids is 2. The largest absolute Gasteiger partial charge is 0.466 e. The molecule has 0 radical (unpaired) electrons. The highest BCUT2D eigenvalue weighted by atomic mass is 16.6. The number of hydrogen-bond acceptors (Lipinski definition) is 5. The molecule has 26 heavy (non-hydrogen) atoms. The Balaban J connectivity index is 3.02. The molecule has 0 aromatic carbocycles. The van der Waals surface area contributed by atoms with Crippen molar-refractivity contribution in [2.75, 3.05) is 7.11 Å². The fourth-order valence-electron chi connectivity index (χ4n) is 1.92. The minimum Gasteiger partial charge on any atom is -0.466 e. The van der Waals surface area contributed by atoms with Gasteiger partial charge in [0.1, 0.15) is 11.4 Å². The fraction of sp³-hybridized carbons (Fsp3) is 0.421. The Labute approximate surface area is 154 Å². The highest BCUT2D eigenvalue weighted by Crippen LogP contribution is 2.07. The lowest BCUT2D eigenvalue weighted by Crippen LogP contribution is -2.33. The van der Waals surface area contributed by atoms with Gasteiger partial charge in [-0.25, -0.2) is 14.6 Å². The SMILES string of the molecule is CCn1ccc(/C=C/C(=O)OC)cccnc1CNC(=O)OC(C)(C)C. The molecule has 0 bridgehead atoms. The molecular weight excluding hydrogens is 334 g/mol. The van der Waals surface area contributed by atoms with Gasteiger partial charge in [0.2, 0.25) is 0 Å². The molecule has 1 aromatic rings. The quantitative estimate of drug-likeness (QED) is 0.643. The van der Waals surface area contributed by atoms with Gasteiger partial charge in [0.15, 0.2) is 0 Å². The molecule has 0 atom stereocenters. The van der Waals surface area contributed by atoms with Crippen molar-refractivity contribution < 1.29 is 19.1 Å². The molecule has 1 amide bonds. The van der Waals surface area contributed by atoms with E-state index in [1.807, 2.05) is 50.6 Å². The number of methoxy groups -OCH3 is 1. The van der Waals surface area contributed by atoms with Crippen LogP contribution in [0.25, 0.3) is 6.08 Å². The second-order valence-electron chi connectivity index (χ2n) is 6.37. The Kier molecular flexibility index (Phi) is 8.34. The van der Waals surface area contributed by atoms with Crippen LogP contribution >= 0.6 is 0 Å². The number of amides is 1. The van der Waals surface area contributed by atoms with Crippen molar-refractivity contribution in [1.82, 2.24) is 14.9 Å². The zero-order valence-corrected chi connectivity index (χ0v) is 16.0. The predicted molar refractivity (Wildman–Crippen MR) is 99.7 cm³/mol. The number of nitrogens with zero attached hydrogens (tertiary/aromatic N) is 2. The fourth-order valence-corrected chi connectivity index (χ4v) is 1.92. The van der Waals surface area contributed by atoms with Crippen LogP contribution in [0.1, 0.15) is 39.1 Å². The van der Waals surface area contributed by atoms with Crippen LogP contribution in [0.5, 0.6) is 0 Å². The van der Waals surface area contributed by atoms with Crippen molar-refractivity contribution in [3.63, 3.8) is 0 Å². The molecule has 0 unspecified atom stereocenters. The van der Waals surface area contributed by atoms with Crippen molar-refractivity contribution in [3.05, 3.63) is 48.1 Å². The van der Waals surface area contributed by atoms with Crippen molar-refractivity contribution in [2.24, 2.45) is 0 Å². The summed E-state index contributed by atoms with van der Waals surface area (Å²) >= 11 is 0. The maximum Gasteiger partial charge on any atom is 0.408 e. The van der Waals surface area contributed by atoms with E-state index in [4.69, 9.17) is 4.74 Å². The summed E-state index contributed by atoms with van der Waals surface area (Å²) in [5.74, 6) is 0.242. The Hall–Kier alpha value is -2.83. The lowest BCUT2D eigenvalue weighted by Gasteiger charge is -2.19. The minimum absolute atomic E-state index is 0.227. The van der Waals surface area contributed by atoms with E-state index in [2.05, 4.69) is 15.0 Å². The van der Waals surface area contributed by atoms with Crippen molar-refractivity contribution in [2.45, 2.75) is 46.4 Å². The molecular formula is C19H27N3O4. The van der Waals surface area contributed by atoms with E-state index in [1.54, 1.807) is 18.3 Å². The maximum absolute atomic E-state index is 11.8. The first-order chi connectivity index (χ1) is 12.2. The number of ether oxygens (including phenoxy) is 2. The number of aromatic nitrogens is 2. The summed E-state index contributed by atoms with van der Waals surface area (Å²) in [5, 5.41) is 2.71. The lowest BCUT2D eigenvalue weighted by molar-refractivity contribution is -0.134. The molecule has 1 heterocycles. The number of hydrogen-bond donors (Lipinski definition) is 1. The molecule has 0 aliphatic carbocycles. The molecule has 1 N–H and O–H groups in total. The van der Waals surface area contributed by atoms with Crippen LogP contribution in [0, 0.1) is 0 Å². The van der Waals surface area contributed by atoms with Crippen molar-refractivity contribution in [3.8, 4) is 0 Å². The summed E-state index contributed by atoms with van der Waals surface area (Å²) < 4.78 is 11.7. The monoisotopic (exact) mass is 361 g/mol. The number of carbonyl (C=O) groups is 2. The molecule has 1 rings (SSSR count). The van der Waals surface area contributed by atoms with Crippen LogP contribution in [-0.2, 0) is 27.4 Å². The van der Waals surface area contributed by atoms with E-state index >= 15 is 0 Å². The van der Waals surface area contributed by atoms with Gasteiger partial charge in [-0.2, -0.15) is 0 Å². The van der Waals surface area contributed by atoms with E-state index in [9.17, 15) is 9.59 Å². The molecule has 7 nitrogen and oxygen atoms in total. The number of esters is 1. The van der Waals surface area contributed by atoms with Crippen LogP contribution in [0.3, 0.4) is 0 Å². The normalized spacial score (nSPS) is 11.0. The number of nitrogens with one attached hydrogen (secondary N) is 1. The third-order valence-corrected chi connectivity index (χ3v) is 3.12. The third kappa shape index (κ3) is 8.32. The van der Waals surface area contributed by atoms with Crippen LogP contribution < -0.4 is 5.32 Å². The Morgan fingerprint density at radius 2 is 2.04 bits per heavy atom. The number of alkyl carbamates (subject to hydrolysis) is 1. The van der Waals surface area contributed by atoms with Crippen LogP contribution in [-0.4, -0.2) is 34.3 Å². The summed E-state index contributed by atoms with van der Waals surface area (Å²) in [6.45, 7) is 8.29. The van der Waals surface area contributed by atoms with Crippen molar-refractivity contribution in [1.29, 1.82) is 0 Å². The number of rotatable bonds is 5. The molecule has 142 valence electrons. The highest BCUT2D eigenvalue weighted by Gasteiger charge is 2.15. The second-order valence-corrected chi connectivity index (χ2v) is 6.37. The Bertz CT molecular complexity index is 701. The van der Waals surface area contributed by atoms with Gasteiger partial charge < -0.3 is 19.4 Å². The van der Waals surface area contributed by atoms with Gasteiger partial charge in [-0.3, -0.25) is 0 Å². The molecule has 0 aliphatic heterocycles. The van der Waals surface area contributed by atoms with Gasteiger partial charge in [-0.1, -0.05) is 6.07 Å². The van der Waals surface area contributed by atoms with E-state index in [0.717, 1.165) is 5.56 Å². The molecule has 0 saturated heterocycles.